The third kappa shape index (κ3) is 7.27. The lowest BCUT2D eigenvalue weighted by Crippen LogP contribution is -2.44. The molecule has 7 heteroatoms. The van der Waals surface area contributed by atoms with Gasteiger partial charge < -0.3 is 9.47 Å². The molecule has 32 heavy (non-hydrogen) atoms. The highest BCUT2D eigenvalue weighted by Gasteiger charge is 2.42. The van der Waals surface area contributed by atoms with Gasteiger partial charge in [-0.3, -0.25) is 9.79 Å². The second-order valence-electron chi connectivity index (χ2n) is 8.92. The summed E-state index contributed by atoms with van der Waals surface area (Å²) in [5.74, 6) is -0.196. The molecule has 0 aromatic heterocycles. The zero-order chi connectivity index (χ0) is 23.7. The van der Waals surface area contributed by atoms with Crippen molar-refractivity contribution in [2.45, 2.75) is 70.9 Å². The van der Waals surface area contributed by atoms with Crippen LogP contribution in [0.1, 0.15) is 58.9 Å². The highest BCUT2D eigenvalue weighted by Crippen LogP contribution is 2.43. The fourth-order valence-corrected chi connectivity index (χ4v) is 5.60. The summed E-state index contributed by atoms with van der Waals surface area (Å²) >= 11 is 2.92. The van der Waals surface area contributed by atoms with Crippen molar-refractivity contribution >= 4 is 39.8 Å². The number of thioether (sulfide) groups is 2. The van der Waals surface area contributed by atoms with E-state index in [1.807, 2.05) is 18.6 Å². The average molecular weight is 480 g/mol. The summed E-state index contributed by atoms with van der Waals surface area (Å²) in [5.41, 5.74) is 1.10. The minimum Gasteiger partial charge on any atom is -0.466 e. The predicted molar refractivity (Wildman–Crippen MR) is 135 cm³/mol. The van der Waals surface area contributed by atoms with E-state index in [1.165, 1.54) is 29.1 Å². The van der Waals surface area contributed by atoms with Gasteiger partial charge in [0.1, 0.15) is 10.5 Å². The van der Waals surface area contributed by atoms with Gasteiger partial charge in [0.2, 0.25) is 0 Å². The molecule has 4 atom stereocenters. The molecule has 2 rings (SSSR count). The first kappa shape index (κ1) is 26.8. The van der Waals surface area contributed by atoms with Crippen molar-refractivity contribution in [1.82, 2.24) is 0 Å². The molecular formula is C25H37NO4S2. The number of ether oxygens (including phenoxy) is 2. The Kier molecular flexibility index (Phi) is 10.6. The molecule has 1 aliphatic carbocycles. The normalized spacial score (nSPS) is 22.0. The van der Waals surface area contributed by atoms with Crippen molar-refractivity contribution in [2.24, 2.45) is 16.8 Å². The first-order valence-electron chi connectivity index (χ1n) is 11.3. The maximum atomic E-state index is 13.3. The van der Waals surface area contributed by atoms with Crippen LogP contribution in [0.4, 0.5) is 0 Å². The maximum absolute atomic E-state index is 13.3. The van der Waals surface area contributed by atoms with Crippen LogP contribution in [0.3, 0.4) is 0 Å². The Labute approximate surface area is 201 Å². The Morgan fingerprint density at radius 1 is 1.16 bits per heavy atom. The first-order valence-corrected chi connectivity index (χ1v) is 13.7. The minimum atomic E-state index is -0.887. The summed E-state index contributed by atoms with van der Waals surface area (Å²) in [5, 5.41) is 0. The highest BCUT2D eigenvalue weighted by molar-refractivity contribution is 8.38. The van der Waals surface area contributed by atoms with Gasteiger partial charge in [0.25, 0.3) is 0 Å². The minimum absolute atomic E-state index is 0.105. The quantitative estimate of drug-likeness (QED) is 0.270. The lowest BCUT2D eigenvalue weighted by molar-refractivity contribution is -0.161. The predicted octanol–water partition coefficient (Wildman–Crippen LogP) is 5.72. The third-order valence-electron chi connectivity index (χ3n) is 6.31. The van der Waals surface area contributed by atoms with Crippen molar-refractivity contribution in [3.63, 3.8) is 0 Å². The van der Waals surface area contributed by atoms with Gasteiger partial charge in [-0.2, -0.15) is 0 Å². The lowest BCUT2D eigenvalue weighted by Gasteiger charge is -2.44. The van der Waals surface area contributed by atoms with Crippen LogP contribution in [0.15, 0.2) is 35.3 Å². The van der Waals surface area contributed by atoms with E-state index in [2.05, 4.69) is 50.0 Å². The van der Waals surface area contributed by atoms with Gasteiger partial charge in [0, 0.05) is 5.92 Å². The van der Waals surface area contributed by atoms with Crippen LogP contribution in [0.2, 0.25) is 0 Å². The van der Waals surface area contributed by atoms with Gasteiger partial charge in [-0.1, -0.05) is 57.5 Å². The molecule has 178 valence electrons. The van der Waals surface area contributed by atoms with Crippen LogP contribution in [-0.4, -0.2) is 47.6 Å². The molecule has 0 radical (unpaired) electrons. The van der Waals surface area contributed by atoms with Crippen LogP contribution in [0.25, 0.3) is 0 Å². The smallest absolute Gasteiger partial charge is 0.331 e. The van der Waals surface area contributed by atoms with E-state index in [0.717, 1.165) is 23.6 Å². The van der Waals surface area contributed by atoms with E-state index in [4.69, 9.17) is 9.47 Å². The number of benzene rings is 1. The second-order valence-corrected chi connectivity index (χ2v) is 10.8. The fraction of sp³-hybridized carbons (Fsp3) is 0.640. The van der Waals surface area contributed by atoms with Gasteiger partial charge in [-0.15, -0.1) is 23.5 Å². The van der Waals surface area contributed by atoms with Crippen molar-refractivity contribution in [1.29, 1.82) is 0 Å². The Balaban J connectivity index is 2.27. The van der Waals surface area contributed by atoms with Crippen molar-refractivity contribution in [3.05, 3.63) is 35.9 Å². The molecule has 0 saturated heterocycles. The average Bonchev–Trinajstić information content (AvgIpc) is 2.77. The fourth-order valence-electron chi connectivity index (χ4n) is 4.47. The number of nitrogens with zero attached hydrogens (tertiary/aromatic N) is 1. The van der Waals surface area contributed by atoms with Gasteiger partial charge in [0.05, 0.1) is 13.0 Å². The standard InChI is InChI=1S/C25H37NO4S2/c1-7-29-22(27)16-20(26-24(31-5)32-6)23(28)30-21-15-17(2)13-14-19(21)25(3,4)18-11-9-8-10-12-18/h8-12,17,19-21H,7,13-16H2,1-6H3/t17-,19-,20+,21-/m1/s1. The summed E-state index contributed by atoms with van der Waals surface area (Å²) in [6, 6.07) is 9.54. The monoisotopic (exact) mass is 479 g/mol. The Morgan fingerprint density at radius 3 is 2.41 bits per heavy atom. The van der Waals surface area contributed by atoms with Crippen LogP contribution >= 0.6 is 23.5 Å². The van der Waals surface area contributed by atoms with Crippen molar-refractivity contribution in [2.75, 3.05) is 19.1 Å². The maximum Gasteiger partial charge on any atom is 0.331 e. The van der Waals surface area contributed by atoms with E-state index in [1.54, 1.807) is 6.92 Å². The van der Waals surface area contributed by atoms with E-state index >= 15 is 0 Å². The summed E-state index contributed by atoms with van der Waals surface area (Å²) in [7, 11) is 0. The van der Waals surface area contributed by atoms with Gasteiger partial charge in [-0.05, 0) is 49.2 Å². The molecule has 0 N–H and O–H groups in total. The molecule has 1 aromatic rings. The number of rotatable bonds is 8. The lowest BCUT2D eigenvalue weighted by atomic mass is 9.64. The molecule has 0 unspecified atom stereocenters. The van der Waals surface area contributed by atoms with E-state index < -0.39 is 18.0 Å². The number of esters is 2. The first-order chi connectivity index (χ1) is 15.2. The van der Waals surface area contributed by atoms with Gasteiger partial charge >= 0.3 is 11.9 Å². The molecule has 1 fully saturated rings. The Hall–Kier alpha value is -1.47. The van der Waals surface area contributed by atoms with Crippen LogP contribution in [0.5, 0.6) is 0 Å². The molecule has 0 bridgehead atoms. The topological polar surface area (TPSA) is 65.0 Å². The van der Waals surface area contributed by atoms with Crippen LogP contribution in [-0.2, 0) is 24.5 Å². The van der Waals surface area contributed by atoms with E-state index in [0.29, 0.717) is 5.92 Å². The number of hydrogen-bond acceptors (Lipinski definition) is 7. The summed E-state index contributed by atoms with van der Waals surface area (Å²) < 4.78 is 12.0. The molecular weight excluding hydrogens is 442 g/mol. The summed E-state index contributed by atoms with van der Waals surface area (Å²) in [4.78, 5) is 30.0. The number of carbonyl (C=O) groups excluding carboxylic acids is 2. The van der Waals surface area contributed by atoms with Gasteiger partial charge in [-0.25, -0.2) is 4.79 Å². The number of hydrogen-bond donors (Lipinski definition) is 0. The second kappa shape index (κ2) is 12.7. The zero-order valence-corrected chi connectivity index (χ0v) is 21.8. The molecule has 5 nitrogen and oxygen atoms in total. The largest absolute Gasteiger partial charge is 0.466 e. The molecule has 0 aliphatic heterocycles. The zero-order valence-electron chi connectivity index (χ0n) is 20.1. The van der Waals surface area contributed by atoms with Crippen LogP contribution in [0, 0.1) is 11.8 Å². The molecule has 1 saturated carbocycles. The molecule has 1 aliphatic rings. The molecule has 0 amide bonds. The molecule has 1 aromatic carbocycles. The van der Waals surface area contributed by atoms with Crippen LogP contribution < -0.4 is 0 Å². The van der Waals surface area contributed by atoms with E-state index in [-0.39, 0.29) is 30.5 Å². The number of aliphatic imine (C=N–C) groups is 1. The SMILES string of the molecule is CCOC(=O)C[C@H](N=C(SC)SC)C(=O)O[C@@H]1C[C@H](C)CC[C@H]1C(C)(C)c1ccccc1. The Bertz CT molecular complexity index is 775. The van der Waals surface area contributed by atoms with Crippen molar-refractivity contribution < 1.29 is 19.1 Å². The van der Waals surface area contributed by atoms with Gasteiger partial charge in [0.15, 0.2) is 6.04 Å². The third-order valence-corrected chi connectivity index (χ3v) is 8.22. The summed E-state index contributed by atoms with van der Waals surface area (Å²) in [6.07, 6.45) is 6.42. The van der Waals surface area contributed by atoms with Crippen molar-refractivity contribution in [3.8, 4) is 0 Å². The molecule has 0 heterocycles. The summed E-state index contributed by atoms with van der Waals surface area (Å²) in [6.45, 7) is 8.70. The molecule has 0 spiro atoms. The highest BCUT2D eigenvalue weighted by atomic mass is 32.2. The van der Waals surface area contributed by atoms with E-state index in [9.17, 15) is 9.59 Å². The Morgan fingerprint density at radius 2 is 1.81 bits per heavy atom. The number of carbonyl (C=O) groups is 2.